The molecule has 1 saturated carbocycles. The Balaban J connectivity index is 1.73. The Bertz CT molecular complexity index is 773. The quantitative estimate of drug-likeness (QED) is 0.650. The third kappa shape index (κ3) is 4.29. The molecule has 9 heteroatoms. The molecule has 3 aliphatic rings. The van der Waals surface area contributed by atoms with Gasteiger partial charge in [-0.1, -0.05) is 20.3 Å². The number of amides is 4. The first-order valence-electron chi connectivity index (χ1n) is 10.8. The number of rotatable bonds is 6. The van der Waals surface area contributed by atoms with E-state index in [2.05, 4.69) is 12.2 Å². The van der Waals surface area contributed by atoms with Gasteiger partial charge in [0.25, 0.3) is 5.91 Å². The van der Waals surface area contributed by atoms with Crippen LogP contribution in [0.25, 0.3) is 0 Å². The summed E-state index contributed by atoms with van der Waals surface area (Å²) < 4.78 is 23.8. The van der Waals surface area contributed by atoms with Gasteiger partial charge in [-0.15, -0.1) is 0 Å². The molecule has 0 aromatic carbocycles. The summed E-state index contributed by atoms with van der Waals surface area (Å²) in [4.78, 5) is 41.4. The maximum Gasteiger partial charge on any atom is 0.325 e. The van der Waals surface area contributed by atoms with Crippen LogP contribution in [-0.2, 0) is 19.4 Å². The monoisotopic (exact) mass is 427 g/mol. The van der Waals surface area contributed by atoms with Crippen molar-refractivity contribution in [1.29, 1.82) is 0 Å². The summed E-state index contributed by atoms with van der Waals surface area (Å²) in [6, 6.07) is -1.06. The zero-order valence-corrected chi connectivity index (χ0v) is 18.5. The van der Waals surface area contributed by atoms with Gasteiger partial charge in [-0.3, -0.25) is 14.5 Å². The van der Waals surface area contributed by atoms with Crippen LogP contribution < -0.4 is 5.32 Å². The second-order valence-electron chi connectivity index (χ2n) is 8.87. The lowest BCUT2D eigenvalue weighted by molar-refractivity contribution is -0.142. The summed E-state index contributed by atoms with van der Waals surface area (Å²) in [5.74, 6) is -0.0714. The lowest BCUT2D eigenvalue weighted by Crippen LogP contribution is -2.52. The van der Waals surface area contributed by atoms with E-state index in [9.17, 15) is 22.8 Å². The molecule has 1 aliphatic carbocycles. The Kier molecular flexibility index (Phi) is 6.27. The highest BCUT2D eigenvalue weighted by Gasteiger charge is 2.53. The normalized spacial score (nSPS) is 32.4. The van der Waals surface area contributed by atoms with Crippen LogP contribution in [0, 0.1) is 5.92 Å². The van der Waals surface area contributed by atoms with Crippen LogP contribution in [0.4, 0.5) is 4.79 Å². The Morgan fingerprint density at radius 2 is 1.90 bits per heavy atom. The minimum Gasteiger partial charge on any atom is -0.334 e. The molecule has 0 unspecified atom stereocenters. The van der Waals surface area contributed by atoms with Crippen molar-refractivity contribution >= 4 is 27.7 Å². The SMILES string of the molecule is CCC1CCC2(CC1)NC(=O)N(CC(=O)N([C@H]1CCS(=O)(=O)C1)[C@H](C)CC)C2=O. The standard InChI is InChI=1S/C20H33N3O5S/c1-4-14(3)23(16-8-11-29(27,28)13-16)17(24)12-22-18(25)20(21-19(22)26)9-6-15(5-2)7-10-20/h14-16H,4-13H2,1-3H3,(H,21,26)/t14-,15?,16+,20?/m1/s1. The van der Waals surface area contributed by atoms with E-state index in [4.69, 9.17) is 0 Å². The summed E-state index contributed by atoms with van der Waals surface area (Å²) in [6.45, 7) is 5.62. The zero-order chi connectivity index (χ0) is 21.4. The number of sulfone groups is 1. The molecule has 1 N–H and O–H groups in total. The molecule has 3 rings (SSSR count). The average molecular weight is 428 g/mol. The van der Waals surface area contributed by atoms with Crippen LogP contribution >= 0.6 is 0 Å². The smallest absolute Gasteiger partial charge is 0.325 e. The van der Waals surface area contributed by atoms with Gasteiger partial charge in [-0.25, -0.2) is 13.2 Å². The van der Waals surface area contributed by atoms with Crippen molar-refractivity contribution in [3.05, 3.63) is 0 Å². The maximum atomic E-state index is 13.1. The van der Waals surface area contributed by atoms with Crippen LogP contribution in [0.5, 0.6) is 0 Å². The third-order valence-electron chi connectivity index (χ3n) is 7.03. The van der Waals surface area contributed by atoms with Crippen LogP contribution in [0.3, 0.4) is 0 Å². The number of hydrogen-bond donors (Lipinski definition) is 1. The molecular formula is C20H33N3O5S. The van der Waals surface area contributed by atoms with Crippen LogP contribution in [0.15, 0.2) is 0 Å². The fraction of sp³-hybridized carbons (Fsp3) is 0.850. The lowest BCUT2D eigenvalue weighted by atomic mass is 9.75. The minimum absolute atomic E-state index is 0.0500. The number of carbonyl (C=O) groups is 3. The second kappa shape index (κ2) is 8.24. The van der Waals surface area contributed by atoms with Gasteiger partial charge in [0.05, 0.1) is 11.5 Å². The van der Waals surface area contributed by atoms with Crippen LogP contribution in [0.1, 0.15) is 65.7 Å². The highest BCUT2D eigenvalue weighted by molar-refractivity contribution is 7.91. The largest absolute Gasteiger partial charge is 0.334 e. The summed E-state index contributed by atoms with van der Waals surface area (Å²) in [5.41, 5.74) is -0.874. The van der Waals surface area contributed by atoms with Gasteiger partial charge in [0.1, 0.15) is 12.1 Å². The molecule has 0 radical (unpaired) electrons. The molecule has 2 aliphatic heterocycles. The predicted molar refractivity (Wildman–Crippen MR) is 109 cm³/mol. The van der Waals surface area contributed by atoms with Crippen molar-refractivity contribution in [2.24, 2.45) is 5.92 Å². The highest BCUT2D eigenvalue weighted by atomic mass is 32.2. The molecule has 2 saturated heterocycles. The first kappa shape index (κ1) is 22.1. The molecule has 2 atom stereocenters. The summed E-state index contributed by atoms with van der Waals surface area (Å²) in [7, 11) is -3.15. The Hall–Kier alpha value is -1.64. The first-order chi connectivity index (χ1) is 13.6. The summed E-state index contributed by atoms with van der Waals surface area (Å²) >= 11 is 0. The third-order valence-corrected chi connectivity index (χ3v) is 8.78. The topological polar surface area (TPSA) is 104 Å². The Labute approximate surface area is 173 Å². The van der Waals surface area contributed by atoms with Crippen molar-refractivity contribution in [3.63, 3.8) is 0 Å². The predicted octanol–water partition coefficient (Wildman–Crippen LogP) is 1.69. The molecule has 164 valence electrons. The van der Waals surface area contributed by atoms with Crippen molar-refractivity contribution in [2.45, 2.75) is 83.3 Å². The van der Waals surface area contributed by atoms with Crippen molar-refractivity contribution < 1.29 is 22.8 Å². The van der Waals surface area contributed by atoms with E-state index in [0.29, 0.717) is 31.6 Å². The maximum absolute atomic E-state index is 13.1. The second-order valence-corrected chi connectivity index (χ2v) is 11.1. The highest BCUT2D eigenvalue weighted by Crippen LogP contribution is 2.37. The van der Waals surface area contributed by atoms with E-state index in [-0.39, 0.29) is 35.9 Å². The van der Waals surface area contributed by atoms with Crippen molar-refractivity contribution in [2.75, 3.05) is 18.1 Å². The van der Waals surface area contributed by atoms with Gasteiger partial charge < -0.3 is 10.2 Å². The van der Waals surface area contributed by atoms with Gasteiger partial charge in [0.2, 0.25) is 5.91 Å². The van der Waals surface area contributed by atoms with Crippen molar-refractivity contribution in [1.82, 2.24) is 15.1 Å². The molecule has 0 bridgehead atoms. The molecular weight excluding hydrogens is 394 g/mol. The molecule has 0 aromatic heterocycles. The van der Waals surface area contributed by atoms with E-state index in [0.717, 1.165) is 24.2 Å². The van der Waals surface area contributed by atoms with E-state index in [1.165, 1.54) is 0 Å². The van der Waals surface area contributed by atoms with Gasteiger partial charge in [0.15, 0.2) is 9.84 Å². The summed E-state index contributed by atoms with van der Waals surface area (Å²) in [6.07, 6.45) is 5.14. The number of nitrogens with zero attached hydrogens (tertiary/aromatic N) is 2. The fourth-order valence-corrected chi connectivity index (χ4v) is 6.67. The Morgan fingerprint density at radius 1 is 1.24 bits per heavy atom. The van der Waals surface area contributed by atoms with Gasteiger partial charge in [-0.05, 0) is 51.4 Å². The van der Waals surface area contributed by atoms with Crippen molar-refractivity contribution in [3.8, 4) is 0 Å². The van der Waals surface area contributed by atoms with E-state index >= 15 is 0 Å². The van der Waals surface area contributed by atoms with Gasteiger partial charge >= 0.3 is 6.03 Å². The summed E-state index contributed by atoms with van der Waals surface area (Å²) in [5, 5.41) is 2.85. The van der Waals surface area contributed by atoms with E-state index < -0.39 is 27.4 Å². The lowest BCUT2D eigenvalue weighted by Gasteiger charge is -2.35. The zero-order valence-electron chi connectivity index (χ0n) is 17.6. The van der Waals surface area contributed by atoms with Gasteiger partial charge in [-0.2, -0.15) is 0 Å². The number of imide groups is 1. The van der Waals surface area contributed by atoms with Crippen LogP contribution in [-0.4, -0.2) is 71.7 Å². The molecule has 8 nitrogen and oxygen atoms in total. The Morgan fingerprint density at radius 3 is 2.41 bits per heavy atom. The molecule has 4 amide bonds. The minimum atomic E-state index is -3.15. The molecule has 3 fully saturated rings. The molecule has 0 aromatic rings. The average Bonchev–Trinajstić information content (AvgIpc) is 3.14. The fourth-order valence-electron chi connectivity index (χ4n) is 4.96. The number of urea groups is 1. The van der Waals surface area contributed by atoms with E-state index in [1.54, 1.807) is 4.90 Å². The number of hydrogen-bond acceptors (Lipinski definition) is 5. The van der Waals surface area contributed by atoms with Gasteiger partial charge in [0, 0.05) is 12.1 Å². The first-order valence-corrected chi connectivity index (χ1v) is 12.6. The van der Waals surface area contributed by atoms with E-state index in [1.807, 2.05) is 13.8 Å². The molecule has 2 heterocycles. The number of carbonyl (C=O) groups excluding carboxylic acids is 3. The molecule has 29 heavy (non-hydrogen) atoms. The number of nitrogens with one attached hydrogen (secondary N) is 1. The van der Waals surface area contributed by atoms with Crippen LogP contribution in [0.2, 0.25) is 0 Å². The molecule has 1 spiro atoms.